The molecule has 8 nitrogen and oxygen atoms in total. The molecule has 1 aromatic carbocycles. The molecule has 1 aromatic heterocycles. The summed E-state index contributed by atoms with van der Waals surface area (Å²) in [5.74, 6) is 0.907. The number of anilines is 1. The molecular weight excluding hydrogens is 348 g/mol. The summed E-state index contributed by atoms with van der Waals surface area (Å²) >= 11 is 0. The van der Waals surface area contributed by atoms with Gasteiger partial charge in [0, 0.05) is 5.70 Å². The van der Waals surface area contributed by atoms with Crippen LogP contribution in [0.1, 0.15) is 32.4 Å². The standard InChI is InChI=1S/C19H24N4O4/c1-12(2)26-9-10-27-18(24)16-13(3)22-19-20-11-21-23(19)17(16)14-5-7-15(25-4)8-6-14/h5-8,11-12,17H,9-10H2,1-4H3,(H,20,21,22)/t17-/m0/s1. The number of allylic oxidation sites excluding steroid dienone is 1. The van der Waals surface area contributed by atoms with Gasteiger partial charge in [0.2, 0.25) is 5.95 Å². The fraction of sp³-hybridized carbons (Fsp3) is 0.421. The minimum Gasteiger partial charge on any atom is -0.497 e. The first kappa shape index (κ1) is 18.9. The molecule has 1 atom stereocenters. The highest BCUT2D eigenvalue weighted by atomic mass is 16.6. The lowest BCUT2D eigenvalue weighted by Crippen LogP contribution is -2.30. The number of aromatic nitrogens is 3. The van der Waals surface area contributed by atoms with E-state index in [4.69, 9.17) is 14.2 Å². The van der Waals surface area contributed by atoms with Gasteiger partial charge in [-0.05, 0) is 38.5 Å². The average molecular weight is 372 g/mol. The summed E-state index contributed by atoms with van der Waals surface area (Å²) in [5.41, 5.74) is 2.06. The van der Waals surface area contributed by atoms with Crippen LogP contribution >= 0.6 is 0 Å². The van der Waals surface area contributed by atoms with Gasteiger partial charge < -0.3 is 19.5 Å². The lowest BCUT2D eigenvalue weighted by atomic mass is 9.96. The second kappa shape index (κ2) is 8.22. The normalized spacial score (nSPS) is 16.1. The van der Waals surface area contributed by atoms with Crippen molar-refractivity contribution in [2.75, 3.05) is 25.6 Å². The SMILES string of the molecule is COc1ccc([C@H]2C(C(=O)OCCOC(C)C)=C(C)Nc3ncnn32)cc1. The Kier molecular flexibility index (Phi) is 5.75. The van der Waals surface area contributed by atoms with E-state index in [2.05, 4.69) is 15.4 Å². The molecule has 0 unspecified atom stereocenters. The Morgan fingerprint density at radius 1 is 1.26 bits per heavy atom. The van der Waals surface area contributed by atoms with E-state index in [1.165, 1.54) is 6.33 Å². The molecule has 0 radical (unpaired) electrons. The predicted octanol–water partition coefficient (Wildman–Crippen LogP) is 2.54. The maximum absolute atomic E-state index is 12.8. The molecule has 1 N–H and O–H groups in total. The van der Waals surface area contributed by atoms with E-state index in [0.29, 0.717) is 23.8 Å². The van der Waals surface area contributed by atoms with Gasteiger partial charge in [-0.25, -0.2) is 9.48 Å². The Morgan fingerprint density at radius 3 is 2.67 bits per heavy atom. The molecule has 0 spiro atoms. The summed E-state index contributed by atoms with van der Waals surface area (Å²) in [6.07, 6.45) is 1.54. The van der Waals surface area contributed by atoms with Crippen LogP contribution in [-0.2, 0) is 14.3 Å². The Labute approximate surface area is 158 Å². The molecular formula is C19H24N4O4. The van der Waals surface area contributed by atoms with Gasteiger partial charge in [-0.3, -0.25) is 0 Å². The molecule has 0 amide bonds. The number of methoxy groups -OCH3 is 1. The zero-order valence-corrected chi connectivity index (χ0v) is 15.9. The van der Waals surface area contributed by atoms with Crippen LogP contribution in [0.15, 0.2) is 41.9 Å². The Morgan fingerprint density at radius 2 is 2.00 bits per heavy atom. The van der Waals surface area contributed by atoms with Crippen molar-refractivity contribution in [1.82, 2.24) is 14.8 Å². The number of fused-ring (bicyclic) bond motifs is 1. The molecule has 2 aromatic rings. The largest absolute Gasteiger partial charge is 0.497 e. The molecule has 2 heterocycles. The van der Waals surface area contributed by atoms with Gasteiger partial charge in [0.25, 0.3) is 0 Å². The number of benzene rings is 1. The van der Waals surface area contributed by atoms with E-state index >= 15 is 0 Å². The zero-order chi connectivity index (χ0) is 19.4. The lowest BCUT2D eigenvalue weighted by molar-refractivity contribution is -0.141. The van der Waals surface area contributed by atoms with Crippen LogP contribution in [0.4, 0.5) is 5.95 Å². The van der Waals surface area contributed by atoms with Gasteiger partial charge in [-0.2, -0.15) is 10.1 Å². The molecule has 8 heteroatoms. The first-order valence-electron chi connectivity index (χ1n) is 8.81. The summed E-state index contributed by atoms with van der Waals surface area (Å²) in [6, 6.07) is 7.07. The number of ether oxygens (including phenoxy) is 3. The average Bonchev–Trinajstić information content (AvgIpc) is 3.11. The van der Waals surface area contributed by atoms with Gasteiger partial charge >= 0.3 is 5.97 Å². The van der Waals surface area contributed by atoms with E-state index in [-0.39, 0.29) is 12.7 Å². The monoisotopic (exact) mass is 372 g/mol. The van der Waals surface area contributed by atoms with Gasteiger partial charge in [0.05, 0.1) is 25.4 Å². The quantitative estimate of drug-likeness (QED) is 0.590. The number of esters is 1. The van der Waals surface area contributed by atoms with Crippen molar-refractivity contribution < 1.29 is 19.0 Å². The van der Waals surface area contributed by atoms with Crippen molar-refractivity contribution in [1.29, 1.82) is 0 Å². The van der Waals surface area contributed by atoms with Crippen LogP contribution in [-0.4, -0.2) is 47.2 Å². The summed E-state index contributed by atoms with van der Waals surface area (Å²) in [4.78, 5) is 17.0. The van der Waals surface area contributed by atoms with Gasteiger partial charge in [0.1, 0.15) is 24.7 Å². The van der Waals surface area contributed by atoms with Crippen molar-refractivity contribution in [3.05, 3.63) is 47.4 Å². The van der Waals surface area contributed by atoms with Gasteiger partial charge in [0.15, 0.2) is 0 Å². The summed E-state index contributed by atoms with van der Waals surface area (Å²) in [6.45, 7) is 6.24. The molecule has 3 rings (SSSR count). The molecule has 27 heavy (non-hydrogen) atoms. The van der Waals surface area contributed by atoms with Crippen LogP contribution in [0.25, 0.3) is 0 Å². The predicted molar refractivity (Wildman–Crippen MR) is 99.5 cm³/mol. The third kappa shape index (κ3) is 4.11. The summed E-state index contributed by atoms with van der Waals surface area (Å²) in [7, 11) is 1.61. The number of carbonyl (C=O) groups is 1. The number of carbonyl (C=O) groups excluding carboxylic acids is 1. The molecule has 0 bridgehead atoms. The van der Waals surface area contributed by atoms with E-state index in [1.54, 1.807) is 11.8 Å². The maximum atomic E-state index is 12.8. The Hall–Kier alpha value is -2.87. The number of nitrogens with zero attached hydrogens (tertiary/aromatic N) is 3. The molecule has 1 aliphatic heterocycles. The number of hydrogen-bond donors (Lipinski definition) is 1. The van der Waals surface area contributed by atoms with E-state index in [9.17, 15) is 4.79 Å². The molecule has 1 aliphatic rings. The molecule has 0 saturated carbocycles. The minimum absolute atomic E-state index is 0.0887. The van der Waals surface area contributed by atoms with Crippen LogP contribution in [0, 0.1) is 0 Å². The topological polar surface area (TPSA) is 87.5 Å². The highest BCUT2D eigenvalue weighted by Crippen LogP contribution is 2.35. The highest BCUT2D eigenvalue weighted by molar-refractivity contribution is 5.92. The van der Waals surface area contributed by atoms with Crippen molar-refractivity contribution in [3.8, 4) is 5.75 Å². The fourth-order valence-corrected chi connectivity index (χ4v) is 2.95. The maximum Gasteiger partial charge on any atom is 0.338 e. The van der Waals surface area contributed by atoms with Crippen molar-refractivity contribution in [3.63, 3.8) is 0 Å². The van der Waals surface area contributed by atoms with E-state index in [0.717, 1.165) is 11.3 Å². The molecule has 144 valence electrons. The second-order valence-corrected chi connectivity index (χ2v) is 6.42. The zero-order valence-electron chi connectivity index (χ0n) is 15.9. The number of rotatable bonds is 7. The van der Waals surface area contributed by atoms with Crippen LogP contribution in [0.5, 0.6) is 5.75 Å². The Bertz CT molecular complexity index is 826. The minimum atomic E-state index is -0.437. The molecule has 0 saturated heterocycles. The second-order valence-electron chi connectivity index (χ2n) is 6.42. The van der Waals surface area contributed by atoms with E-state index in [1.807, 2.05) is 45.0 Å². The van der Waals surface area contributed by atoms with E-state index < -0.39 is 12.0 Å². The third-order valence-corrected chi connectivity index (χ3v) is 4.21. The molecule has 0 fully saturated rings. The van der Waals surface area contributed by atoms with Crippen LogP contribution < -0.4 is 10.1 Å². The molecule has 0 aliphatic carbocycles. The van der Waals surface area contributed by atoms with Gasteiger partial charge in [-0.15, -0.1) is 0 Å². The Balaban J connectivity index is 1.88. The van der Waals surface area contributed by atoms with Gasteiger partial charge in [-0.1, -0.05) is 12.1 Å². The number of hydrogen-bond acceptors (Lipinski definition) is 7. The number of nitrogens with one attached hydrogen (secondary N) is 1. The fourth-order valence-electron chi connectivity index (χ4n) is 2.95. The van der Waals surface area contributed by atoms with Crippen LogP contribution in [0.2, 0.25) is 0 Å². The summed E-state index contributed by atoms with van der Waals surface area (Å²) < 4.78 is 17.8. The van der Waals surface area contributed by atoms with Crippen LogP contribution in [0.3, 0.4) is 0 Å². The third-order valence-electron chi connectivity index (χ3n) is 4.21. The van der Waals surface area contributed by atoms with Crippen molar-refractivity contribution in [2.24, 2.45) is 0 Å². The summed E-state index contributed by atoms with van der Waals surface area (Å²) in [5, 5.41) is 7.40. The first-order valence-corrected chi connectivity index (χ1v) is 8.81. The lowest BCUT2D eigenvalue weighted by Gasteiger charge is -2.28. The van der Waals surface area contributed by atoms with Crippen molar-refractivity contribution in [2.45, 2.75) is 32.9 Å². The smallest absolute Gasteiger partial charge is 0.338 e. The first-order chi connectivity index (χ1) is 13.0. The highest BCUT2D eigenvalue weighted by Gasteiger charge is 2.34. The van der Waals surface area contributed by atoms with Crippen molar-refractivity contribution >= 4 is 11.9 Å².